The third-order valence-electron chi connectivity index (χ3n) is 5.60. The molecule has 3 aromatic carbocycles. The van der Waals surface area contributed by atoms with Gasteiger partial charge in [0.05, 0.1) is 21.8 Å². The van der Waals surface area contributed by atoms with Crippen molar-refractivity contribution in [3.63, 3.8) is 0 Å². The Hall–Kier alpha value is -3.03. The Balaban J connectivity index is 1.88. The second kappa shape index (κ2) is 8.24. The summed E-state index contributed by atoms with van der Waals surface area (Å²) in [6.07, 6.45) is 0.635. The van der Waals surface area contributed by atoms with E-state index < -0.39 is 16.1 Å². The molecule has 0 saturated heterocycles. The summed E-state index contributed by atoms with van der Waals surface area (Å²) in [7, 11) is -2.20. The van der Waals surface area contributed by atoms with Crippen LogP contribution in [0.25, 0.3) is 21.7 Å². The molecule has 0 aliphatic carbocycles. The lowest BCUT2D eigenvalue weighted by molar-refractivity contribution is 0.324. The summed E-state index contributed by atoms with van der Waals surface area (Å²) in [5, 5.41) is 2.06. The molecule has 6 nitrogen and oxygen atoms in total. The molecule has 0 radical (unpaired) electrons. The van der Waals surface area contributed by atoms with Crippen LogP contribution in [0.15, 0.2) is 76.4 Å². The van der Waals surface area contributed by atoms with Crippen LogP contribution < -0.4 is 5.56 Å². The average molecular weight is 436 g/mol. The van der Waals surface area contributed by atoms with Gasteiger partial charge in [-0.3, -0.25) is 9.36 Å². The molecule has 1 atom stereocenters. The van der Waals surface area contributed by atoms with Crippen LogP contribution in [-0.4, -0.2) is 28.8 Å². The van der Waals surface area contributed by atoms with Gasteiger partial charge < -0.3 is 0 Å². The topological polar surface area (TPSA) is 72.3 Å². The van der Waals surface area contributed by atoms with Crippen molar-refractivity contribution in [1.82, 2.24) is 13.9 Å². The minimum atomic E-state index is -3.84. The number of aromatic nitrogens is 2. The lowest BCUT2D eigenvalue weighted by atomic mass is 10.1. The average Bonchev–Trinajstić information content (AvgIpc) is 2.79. The van der Waals surface area contributed by atoms with Gasteiger partial charge in [-0.05, 0) is 36.9 Å². The van der Waals surface area contributed by atoms with Crippen LogP contribution in [0.3, 0.4) is 0 Å². The molecular weight excluding hydrogens is 410 g/mol. The Morgan fingerprint density at radius 3 is 2.35 bits per heavy atom. The second-order valence-corrected chi connectivity index (χ2v) is 9.48. The first-order valence-electron chi connectivity index (χ1n) is 10.3. The van der Waals surface area contributed by atoms with Crippen molar-refractivity contribution in [2.75, 3.05) is 6.54 Å². The van der Waals surface area contributed by atoms with Crippen LogP contribution >= 0.6 is 0 Å². The standard InChI is InChI=1S/C24H25N3O3S/c1-4-16-27(31(29,30)22-15-9-11-18-10-5-6-12-19(18)22)17(2)23-25-21-14-8-7-13-20(21)24(28)26(23)3/h5-15,17H,4,16H2,1-3H3. The van der Waals surface area contributed by atoms with Gasteiger partial charge in [-0.1, -0.05) is 55.5 Å². The summed E-state index contributed by atoms with van der Waals surface area (Å²) in [5.41, 5.74) is 0.373. The van der Waals surface area contributed by atoms with E-state index in [1.54, 1.807) is 44.3 Å². The van der Waals surface area contributed by atoms with E-state index in [-0.39, 0.29) is 10.5 Å². The van der Waals surface area contributed by atoms with Crippen molar-refractivity contribution in [2.24, 2.45) is 7.05 Å². The fraction of sp³-hybridized carbons (Fsp3) is 0.250. The number of rotatable bonds is 6. The fourth-order valence-corrected chi connectivity index (χ4v) is 5.93. The molecule has 0 N–H and O–H groups in total. The molecule has 7 heteroatoms. The molecule has 1 unspecified atom stereocenters. The Morgan fingerprint density at radius 2 is 1.61 bits per heavy atom. The molecule has 0 bridgehead atoms. The van der Waals surface area contributed by atoms with E-state index in [0.29, 0.717) is 35.1 Å². The number of sulfonamides is 1. The van der Waals surface area contributed by atoms with Crippen molar-refractivity contribution in [1.29, 1.82) is 0 Å². The Bertz CT molecular complexity index is 1420. The minimum absolute atomic E-state index is 0.188. The van der Waals surface area contributed by atoms with Crippen molar-refractivity contribution in [2.45, 2.75) is 31.2 Å². The molecular formula is C24H25N3O3S. The van der Waals surface area contributed by atoms with Gasteiger partial charge in [0.25, 0.3) is 5.56 Å². The van der Waals surface area contributed by atoms with E-state index in [1.807, 2.05) is 43.3 Å². The molecule has 4 aromatic rings. The minimum Gasteiger partial charge on any atom is -0.298 e. The molecule has 0 spiro atoms. The highest BCUT2D eigenvalue weighted by Crippen LogP contribution is 2.31. The highest BCUT2D eigenvalue weighted by atomic mass is 32.2. The number of hydrogen-bond donors (Lipinski definition) is 0. The molecule has 31 heavy (non-hydrogen) atoms. The van der Waals surface area contributed by atoms with Crippen LogP contribution in [0.4, 0.5) is 0 Å². The Kier molecular flexibility index (Phi) is 5.64. The Morgan fingerprint density at radius 1 is 0.968 bits per heavy atom. The Labute approximate surface area is 181 Å². The van der Waals surface area contributed by atoms with Gasteiger partial charge in [0.15, 0.2) is 0 Å². The summed E-state index contributed by atoms with van der Waals surface area (Å²) in [4.78, 5) is 17.8. The maximum atomic E-state index is 13.8. The fourth-order valence-electron chi connectivity index (χ4n) is 4.03. The summed E-state index contributed by atoms with van der Waals surface area (Å²) < 4.78 is 30.5. The number of nitrogens with zero attached hydrogens (tertiary/aromatic N) is 3. The second-order valence-electron chi connectivity index (χ2n) is 7.62. The third kappa shape index (κ3) is 3.64. The summed E-state index contributed by atoms with van der Waals surface area (Å²) >= 11 is 0. The molecule has 0 amide bonds. The van der Waals surface area contributed by atoms with Crippen molar-refractivity contribution >= 4 is 31.7 Å². The number of benzene rings is 3. The van der Waals surface area contributed by atoms with E-state index in [2.05, 4.69) is 4.98 Å². The quantitative estimate of drug-likeness (QED) is 0.454. The zero-order valence-electron chi connectivity index (χ0n) is 17.8. The van der Waals surface area contributed by atoms with E-state index in [4.69, 9.17) is 0 Å². The van der Waals surface area contributed by atoms with Crippen LogP contribution in [0.5, 0.6) is 0 Å². The van der Waals surface area contributed by atoms with E-state index in [0.717, 1.165) is 5.39 Å². The smallest absolute Gasteiger partial charge is 0.261 e. The van der Waals surface area contributed by atoms with Crippen molar-refractivity contribution < 1.29 is 8.42 Å². The van der Waals surface area contributed by atoms with Gasteiger partial charge in [0, 0.05) is 19.0 Å². The van der Waals surface area contributed by atoms with Crippen molar-refractivity contribution in [3.8, 4) is 0 Å². The van der Waals surface area contributed by atoms with Gasteiger partial charge >= 0.3 is 0 Å². The van der Waals surface area contributed by atoms with Gasteiger partial charge in [-0.25, -0.2) is 13.4 Å². The molecule has 0 aliphatic heterocycles. The van der Waals surface area contributed by atoms with Gasteiger partial charge in [-0.15, -0.1) is 0 Å². The first kappa shape index (κ1) is 21.2. The molecule has 0 aliphatic rings. The largest absolute Gasteiger partial charge is 0.298 e. The number of fused-ring (bicyclic) bond motifs is 2. The normalized spacial score (nSPS) is 13.2. The first-order chi connectivity index (χ1) is 14.9. The highest BCUT2D eigenvalue weighted by Gasteiger charge is 2.32. The molecule has 160 valence electrons. The van der Waals surface area contributed by atoms with E-state index >= 15 is 0 Å². The summed E-state index contributed by atoms with van der Waals surface area (Å²) in [6, 6.07) is 19.2. The monoisotopic (exact) mass is 435 g/mol. The van der Waals surface area contributed by atoms with Gasteiger partial charge in [-0.2, -0.15) is 4.31 Å². The SMILES string of the molecule is CCCN(C(C)c1nc2ccccc2c(=O)n1C)S(=O)(=O)c1cccc2ccccc12. The van der Waals surface area contributed by atoms with E-state index in [1.165, 1.54) is 8.87 Å². The molecule has 1 aromatic heterocycles. The van der Waals surface area contributed by atoms with Crippen molar-refractivity contribution in [3.05, 3.63) is 82.9 Å². The molecule has 1 heterocycles. The molecule has 4 rings (SSSR count). The van der Waals surface area contributed by atoms with Gasteiger partial charge in [0.1, 0.15) is 5.82 Å². The predicted molar refractivity (Wildman–Crippen MR) is 124 cm³/mol. The summed E-state index contributed by atoms with van der Waals surface area (Å²) in [6.45, 7) is 4.04. The predicted octanol–water partition coefficient (Wildman–Crippen LogP) is 4.25. The zero-order valence-corrected chi connectivity index (χ0v) is 18.6. The third-order valence-corrected chi connectivity index (χ3v) is 7.63. The molecule has 0 fully saturated rings. The zero-order chi connectivity index (χ0) is 22.2. The van der Waals surface area contributed by atoms with Crippen LogP contribution in [0.1, 0.15) is 32.1 Å². The first-order valence-corrected chi connectivity index (χ1v) is 11.8. The number of para-hydroxylation sites is 1. The number of hydrogen-bond acceptors (Lipinski definition) is 4. The molecule has 0 saturated carbocycles. The van der Waals surface area contributed by atoms with Crippen LogP contribution in [0.2, 0.25) is 0 Å². The lowest BCUT2D eigenvalue weighted by Crippen LogP contribution is -2.37. The van der Waals surface area contributed by atoms with Crippen LogP contribution in [0, 0.1) is 0 Å². The maximum absolute atomic E-state index is 13.8. The van der Waals surface area contributed by atoms with Gasteiger partial charge in [0.2, 0.25) is 10.0 Å². The van der Waals surface area contributed by atoms with E-state index in [9.17, 15) is 13.2 Å². The highest BCUT2D eigenvalue weighted by molar-refractivity contribution is 7.89. The van der Waals surface area contributed by atoms with Crippen LogP contribution in [-0.2, 0) is 17.1 Å². The maximum Gasteiger partial charge on any atom is 0.261 e. The summed E-state index contributed by atoms with van der Waals surface area (Å²) in [5.74, 6) is 0.418. The lowest BCUT2D eigenvalue weighted by Gasteiger charge is -2.29.